The molecule has 1 saturated heterocycles. The summed E-state index contributed by atoms with van der Waals surface area (Å²) < 4.78 is 0. The number of urea groups is 1. The van der Waals surface area contributed by atoms with Gasteiger partial charge < -0.3 is 15.3 Å². The lowest BCUT2D eigenvalue weighted by Crippen LogP contribution is -2.44. The van der Waals surface area contributed by atoms with Crippen molar-refractivity contribution < 1.29 is 14.7 Å². The molecule has 0 aromatic rings. The maximum absolute atomic E-state index is 12.5. The molecule has 1 aliphatic carbocycles. The highest BCUT2D eigenvalue weighted by atomic mass is 16.4. The predicted molar refractivity (Wildman–Crippen MR) is 98.6 cm³/mol. The first kappa shape index (κ1) is 20.0. The molecule has 6 heteroatoms. The van der Waals surface area contributed by atoms with Crippen LogP contribution in [0.25, 0.3) is 0 Å². The van der Waals surface area contributed by atoms with Crippen molar-refractivity contribution in [2.45, 2.75) is 64.3 Å². The van der Waals surface area contributed by atoms with E-state index in [0.717, 1.165) is 38.3 Å². The van der Waals surface area contributed by atoms with Gasteiger partial charge in [-0.15, -0.1) is 0 Å². The third kappa shape index (κ3) is 6.17. The highest BCUT2D eigenvalue weighted by Crippen LogP contribution is 2.31. The van der Waals surface area contributed by atoms with Crippen molar-refractivity contribution in [3.8, 4) is 0 Å². The highest BCUT2D eigenvalue weighted by Gasteiger charge is 2.26. The summed E-state index contributed by atoms with van der Waals surface area (Å²) in [6.07, 6.45) is 9.11. The average molecular weight is 354 g/mol. The summed E-state index contributed by atoms with van der Waals surface area (Å²) in [6.45, 7) is 4.61. The fourth-order valence-corrected chi connectivity index (χ4v) is 4.49. The van der Waals surface area contributed by atoms with E-state index in [1.54, 1.807) is 0 Å². The Hall–Kier alpha value is -1.30. The highest BCUT2D eigenvalue weighted by molar-refractivity contribution is 5.74. The summed E-state index contributed by atoms with van der Waals surface area (Å²) in [6, 6.07) is 0.304. The Labute approximate surface area is 151 Å². The minimum atomic E-state index is -0.792. The van der Waals surface area contributed by atoms with Gasteiger partial charge in [0.2, 0.25) is 0 Å². The number of hydrogen-bond acceptors (Lipinski definition) is 3. The number of rotatable bonds is 6. The van der Waals surface area contributed by atoms with Gasteiger partial charge in [-0.1, -0.05) is 32.6 Å². The number of nitrogens with one attached hydrogen (secondary N) is 1. The number of carbonyl (C=O) groups is 2. The van der Waals surface area contributed by atoms with Gasteiger partial charge in [-0.3, -0.25) is 9.69 Å². The number of hydrogen-bond donors (Lipinski definition) is 2. The monoisotopic (exact) mass is 353 g/mol. The van der Waals surface area contributed by atoms with E-state index >= 15 is 0 Å². The summed E-state index contributed by atoms with van der Waals surface area (Å²) >= 11 is 0. The number of likely N-dealkylation sites (N-methyl/N-ethyl adjacent to an activating group) is 1. The van der Waals surface area contributed by atoms with Crippen LogP contribution in [0, 0.1) is 11.8 Å². The van der Waals surface area contributed by atoms with E-state index < -0.39 is 5.97 Å². The molecule has 1 heterocycles. The second-order valence-electron chi connectivity index (χ2n) is 7.78. The molecule has 0 bridgehead atoms. The van der Waals surface area contributed by atoms with Gasteiger partial charge in [-0.25, -0.2) is 4.79 Å². The zero-order valence-corrected chi connectivity index (χ0v) is 15.9. The van der Waals surface area contributed by atoms with Crippen LogP contribution in [0.1, 0.15) is 58.3 Å². The van der Waals surface area contributed by atoms with Crippen molar-refractivity contribution in [1.82, 2.24) is 15.1 Å². The van der Waals surface area contributed by atoms with Crippen molar-refractivity contribution in [1.29, 1.82) is 0 Å². The molecule has 2 aliphatic rings. The largest absolute Gasteiger partial charge is 0.480 e. The molecule has 0 radical (unpaired) electrons. The molecule has 0 spiro atoms. The number of nitrogens with zero attached hydrogens (tertiary/aromatic N) is 2. The molecule has 2 fully saturated rings. The van der Waals surface area contributed by atoms with E-state index in [1.165, 1.54) is 32.1 Å². The molecule has 3 unspecified atom stereocenters. The van der Waals surface area contributed by atoms with E-state index in [4.69, 9.17) is 5.11 Å². The smallest absolute Gasteiger partial charge is 0.317 e. The molecule has 144 valence electrons. The van der Waals surface area contributed by atoms with Gasteiger partial charge in [-0.05, 0) is 44.6 Å². The zero-order chi connectivity index (χ0) is 18.2. The van der Waals surface area contributed by atoms with Crippen molar-refractivity contribution in [3.63, 3.8) is 0 Å². The molecular weight excluding hydrogens is 318 g/mol. The molecule has 2 rings (SSSR count). The second kappa shape index (κ2) is 10.00. The van der Waals surface area contributed by atoms with Gasteiger partial charge >= 0.3 is 12.0 Å². The first-order chi connectivity index (χ1) is 12.0. The van der Waals surface area contributed by atoms with Crippen LogP contribution >= 0.6 is 0 Å². The third-order valence-corrected chi connectivity index (χ3v) is 6.10. The second-order valence-corrected chi connectivity index (χ2v) is 7.78. The van der Waals surface area contributed by atoms with Gasteiger partial charge in [0.25, 0.3) is 0 Å². The van der Waals surface area contributed by atoms with Crippen molar-refractivity contribution in [2.75, 3.05) is 33.2 Å². The molecular formula is C19H35N3O3. The zero-order valence-electron chi connectivity index (χ0n) is 15.9. The molecule has 0 aromatic carbocycles. The summed E-state index contributed by atoms with van der Waals surface area (Å²) in [5.74, 6) is 0.593. The Balaban J connectivity index is 1.77. The lowest BCUT2D eigenvalue weighted by Gasteiger charge is -2.32. The van der Waals surface area contributed by atoms with Crippen LogP contribution in [-0.2, 0) is 4.79 Å². The number of aliphatic carboxylic acids is 1. The SMILES string of the molecule is CCC1CCCCC1CNC(=O)N1CCCC(N(C)CC(=O)O)CC1. The third-order valence-electron chi connectivity index (χ3n) is 6.10. The molecule has 2 N–H and O–H groups in total. The molecule has 6 nitrogen and oxygen atoms in total. The van der Waals surface area contributed by atoms with Crippen molar-refractivity contribution in [2.24, 2.45) is 11.8 Å². The van der Waals surface area contributed by atoms with E-state index in [9.17, 15) is 9.59 Å². The van der Waals surface area contributed by atoms with Crippen molar-refractivity contribution >= 4 is 12.0 Å². The van der Waals surface area contributed by atoms with Gasteiger partial charge in [-0.2, -0.15) is 0 Å². The minimum Gasteiger partial charge on any atom is -0.480 e. The standard InChI is InChI=1S/C19H35N3O3/c1-3-15-7-4-5-8-16(15)13-20-19(25)22-11-6-9-17(10-12-22)21(2)14-18(23)24/h15-17H,3-14H2,1-2H3,(H,20,25)(H,23,24). The normalized spacial score (nSPS) is 27.8. The average Bonchev–Trinajstić information content (AvgIpc) is 2.85. The minimum absolute atomic E-state index is 0.0574. The fraction of sp³-hybridized carbons (Fsp3) is 0.895. The number of carbonyl (C=O) groups excluding carboxylic acids is 1. The maximum atomic E-state index is 12.5. The number of carboxylic acid groups (broad SMARTS) is 1. The predicted octanol–water partition coefficient (Wildman–Crippen LogP) is 2.78. The van der Waals surface area contributed by atoms with Gasteiger partial charge in [0.15, 0.2) is 0 Å². The van der Waals surface area contributed by atoms with Crippen LogP contribution in [0.5, 0.6) is 0 Å². The fourth-order valence-electron chi connectivity index (χ4n) is 4.49. The first-order valence-electron chi connectivity index (χ1n) is 9.96. The molecule has 0 aromatic heterocycles. The van der Waals surface area contributed by atoms with Crippen LogP contribution in [0.4, 0.5) is 4.79 Å². The number of amides is 2. The van der Waals surface area contributed by atoms with Crippen molar-refractivity contribution in [3.05, 3.63) is 0 Å². The summed E-state index contributed by atoms with van der Waals surface area (Å²) in [5, 5.41) is 12.1. The van der Waals surface area contributed by atoms with Crippen LogP contribution < -0.4 is 5.32 Å². The Morgan fingerprint density at radius 3 is 2.48 bits per heavy atom. The van der Waals surface area contributed by atoms with E-state index in [1.807, 2.05) is 16.8 Å². The number of carboxylic acids is 1. The summed E-state index contributed by atoms with van der Waals surface area (Å²) in [5.41, 5.74) is 0. The van der Waals surface area contributed by atoms with E-state index in [-0.39, 0.29) is 18.6 Å². The molecule has 3 atom stereocenters. The Bertz CT molecular complexity index is 444. The summed E-state index contributed by atoms with van der Waals surface area (Å²) in [7, 11) is 1.86. The van der Waals surface area contributed by atoms with Gasteiger partial charge in [0.1, 0.15) is 0 Å². The van der Waals surface area contributed by atoms with E-state index in [2.05, 4.69) is 12.2 Å². The van der Waals surface area contributed by atoms with E-state index in [0.29, 0.717) is 12.5 Å². The van der Waals surface area contributed by atoms with Crippen LogP contribution in [0.15, 0.2) is 0 Å². The Morgan fingerprint density at radius 2 is 1.80 bits per heavy atom. The maximum Gasteiger partial charge on any atom is 0.317 e. The van der Waals surface area contributed by atoms with Gasteiger partial charge in [0.05, 0.1) is 6.54 Å². The number of likely N-dealkylation sites (tertiary alicyclic amines) is 1. The molecule has 1 aliphatic heterocycles. The molecule has 2 amide bonds. The van der Waals surface area contributed by atoms with Crippen LogP contribution in [-0.4, -0.2) is 66.2 Å². The Morgan fingerprint density at radius 1 is 1.08 bits per heavy atom. The quantitative estimate of drug-likeness (QED) is 0.770. The lowest BCUT2D eigenvalue weighted by atomic mass is 9.78. The van der Waals surface area contributed by atoms with Crippen LogP contribution in [0.2, 0.25) is 0 Å². The Kier molecular flexibility index (Phi) is 8.00. The van der Waals surface area contributed by atoms with Crippen LogP contribution in [0.3, 0.4) is 0 Å². The summed E-state index contributed by atoms with van der Waals surface area (Å²) in [4.78, 5) is 27.2. The topological polar surface area (TPSA) is 72.9 Å². The molecule has 1 saturated carbocycles. The van der Waals surface area contributed by atoms with Gasteiger partial charge in [0, 0.05) is 25.7 Å². The lowest BCUT2D eigenvalue weighted by molar-refractivity contribution is -0.138. The first-order valence-corrected chi connectivity index (χ1v) is 9.96. The molecule has 25 heavy (non-hydrogen) atoms.